The number of carboxylic acid groups (broad SMARTS) is 1. The van der Waals surface area contributed by atoms with Crippen LogP contribution in [0.5, 0.6) is 0 Å². The zero-order valence-corrected chi connectivity index (χ0v) is 14.1. The van der Waals surface area contributed by atoms with Gasteiger partial charge in [-0.05, 0) is 36.8 Å². The normalized spacial score (nSPS) is 17.5. The number of rotatable bonds is 5. The van der Waals surface area contributed by atoms with Crippen LogP contribution in [-0.4, -0.2) is 29.7 Å². The van der Waals surface area contributed by atoms with E-state index < -0.39 is 29.3 Å². The van der Waals surface area contributed by atoms with Crippen LogP contribution in [0.25, 0.3) is 0 Å². The highest BCUT2D eigenvalue weighted by Gasteiger charge is 2.50. The number of para-hydroxylation sites is 1. The fourth-order valence-electron chi connectivity index (χ4n) is 3.17. The maximum atomic E-state index is 12.7. The molecule has 0 bridgehead atoms. The molecule has 1 saturated heterocycles. The van der Waals surface area contributed by atoms with Crippen LogP contribution < -0.4 is 10.2 Å². The van der Waals surface area contributed by atoms with Gasteiger partial charge in [0.15, 0.2) is 5.54 Å². The summed E-state index contributed by atoms with van der Waals surface area (Å²) in [4.78, 5) is 13.7. The zero-order valence-electron chi connectivity index (χ0n) is 14.1. The summed E-state index contributed by atoms with van der Waals surface area (Å²) in [6.07, 6.45) is -4.39. The molecule has 0 spiro atoms. The molecule has 0 amide bonds. The molecule has 138 valence electrons. The van der Waals surface area contributed by atoms with Crippen LogP contribution in [0, 0.1) is 0 Å². The Morgan fingerprint density at radius 1 is 1.12 bits per heavy atom. The molecule has 0 aromatic heterocycles. The third-order valence-electron chi connectivity index (χ3n) is 4.68. The highest BCUT2D eigenvalue weighted by atomic mass is 19.4. The molecule has 7 heteroatoms. The summed E-state index contributed by atoms with van der Waals surface area (Å²) in [6.45, 7) is 2.33. The standard InChI is InChI=1S/C19H19F3N2O2/c1-13(14-7-9-15(10-8-14)19(20,21)22)23-18(17(25)26)11-24(12-18)16-5-3-2-4-6-16/h2-10,13,23H,11-12H2,1H3,(H,25,26). The number of hydrogen-bond donors (Lipinski definition) is 2. The quantitative estimate of drug-likeness (QED) is 0.850. The van der Waals surface area contributed by atoms with Crippen molar-refractivity contribution >= 4 is 11.7 Å². The topological polar surface area (TPSA) is 52.6 Å². The number of alkyl halides is 3. The largest absolute Gasteiger partial charge is 0.480 e. The Labute approximate surface area is 149 Å². The summed E-state index contributed by atoms with van der Waals surface area (Å²) in [7, 11) is 0. The van der Waals surface area contributed by atoms with Crippen molar-refractivity contribution < 1.29 is 23.1 Å². The number of halogens is 3. The lowest BCUT2D eigenvalue weighted by molar-refractivity contribution is -0.146. The van der Waals surface area contributed by atoms with E-state index in [0.717, 1.165) is 17.8 Å². The van der Waals surface area contributed by atoms with Crippen molar-refractivity contribution in [3.63, 3.8) is 0 Å². The molecule has 2 aromatic carbocycles. The number of hydrogen-bond acceptors (Lipinski definition) is 3. The number of aliphatic carboxylic acids is 1. The fraction of sp³-hybridized carbons (Fsp3) is 0.316. The number of carbonyl (C=O) groups is 1. The van der Waals surface area contributed by atoms with Gasteiger partial charge in [-0.2, -0.15) is 13.2 Å². The summed E-state index contributed by atoms with van der Waals surface area (Å²) in [5.74, 6) is -0.969. The van der Waals surface area contributed by atoms with E-state index in [4.69, 9.17) is 0 Å². The maximum absolute atomic E-state index is 12.7. The summed E-state index contributed by atoms with van der Waals surface area (Å²) in [6, 6.07) is 13.9. The van der Waals surface area contributed by atoms with Gasteiger partial charge in [0.05, 0.1) is 5.56 Å². The Balaban J connectivity index is 1.70. The zero-order chi connectivity index (χ0) is 18.9. The van der Waals surface area contributed by atoms with Crippen molar-refractivity contribution in [3.05, 3.63) is 65.7 Å². The minimum atomic E-state index is -4.39. The van der Waals surface area contributed by atoms with E-state index >= 15 is 0 Å². The van der Waals surface area contributed by atoms with Gasteiger partial charge in [0, 0.05) is 24.8 Å². The third-order valence-corrected chi connectivity index (χ3v) is 4.68. The van der Waals surface area contributed by atoms with E-state index in [2.05, 4.69) is 5.32 Å². The van der Waals surface area contributed by atoms with Crippen molar-refractivity contribution in [2.24, 2.45) is 0 Å². The lowest BCUT2D eigenvalue weighted by Gasteiger charge is -2.50. The molecule has 1 unspecified atom stereocenters. The molecule has 2 N–H and O–H groups in total. The molecular formula is C19H19F3N2O2. The monoisotopic (exact) mass is 364 g/mol. The average molecular weight is 364 g/mol. The summed E-state index contributed by atoms with van der Waals surface area (Å²) in [5.41, 5.74) is -0.303. The average Bonchev–Trinajstić information content (AvgIpc) is 2.57. The van der Waals surface area contributed by atoms with Crippen molar-refractivity contribution in [3.8, 4) is 0 Å². The van der Waals surface area contributed by atoms with E-state index in [9.17, 15) is 23.1 Å². The number of benzene rings is 2. The van der Waals surface area contributed by atoms with Gasteiger partial charge in [-0.3, -0.25) is 10.1 Å². The van der Waals surface area contributed by atoms with Crippen LogP contribution in [0.3, 0.4) is 0 Å². The highest BCUT2D eigenvalue weighted by molar-refractivity contribution is 5.84. The van der Waals surface area contributed by atoms with Crippen LogP contribution >= 0.6 is 0 Å². The SMILES string of the molecule is CC(NC1(C(=O)O)CN(c2ccccc2)C1)c1ccc(C(F)(F)F)cc1. The minimum Gasteiger partial charge on any atom is -0.480 e. The third kappa shape index (κ3) is 3.53. The van der Waals surface area contributed by atoms with Gasteiger partial charge in [0.2, 0.25) is 0 Å². The summed E-state index contributed by atoms with van der Waals surface area (Å²) < 4.78 is 38.0. The molecule has 1 fully saturated rings. The van der Waals surface area contributed by atoms with Gasteiger partial charge in [-0.15, -0.1) is 0 Å². The first-order valence-electron chi connectivity index (χ1n) is 8.19. The summed E-state index contributed by atoms with van der Waals surface area (Å²) in [5, 5.41) is 12.7. The molecule has 1 aliphatic heterocycles. The van der Waals surface area contributed by atoms with Gasteiger partial charge >= 0.3 is 12.1 Å². The molecule has 0 radical (unpaired) electrons. The second-order valence-corrected chi connectivity index (χ2v) is 6.56. The second kappa shape index (κ2) is 6.64. The molecule has 26 heavy (non-hydrogen) atoms. The number of nitrogens with one attached hydrogen (secondary N) is 1. The maximum Gasteiger partial charge on any atom is 0.416 e. The van der Waals surface area contributed by atoms with Crippen LogP contribution in [-0.2, 0) is 11.0 Å². The predicted octanol–water partition coefficient (Wildman–Crippen LogP) is 3.70. The Kier molecular flexibility index (Phi) is 4.66. The number of carboxylic acids is 1. The molecule has 2 aromatic rings. The Morgan fingerprint density at radius 2 is 1.69 bits per heavy atom. The van der Waals surface area contributed by atoms with Gasteiger partial charge in [-0.25, -0.2) is 0 Å². The van der Waals surface area contributed by atoms with Crippen molar-refractivity contribution in [2.75, 3.05) is 18.0 Å². The fourth-order valence-corrected chi connectivity index (χ4v) is 3.17. The first kappa shape index (κ1) is 18.3. The van der Waals surface area contributed by atoms with Crippen LogP contribution in [0.15, 0.2) is 54.6 Å². The van der Waals surface area contributed by atoms with Crippen LogP contribution in [0.1, 0.15) is 24.1 Å². The lowest BCUT2D eigenvalue weighted by Crippen LogP contribution is -2.73. The van der Waals surface area contributed by atoms with E-state index in [1.165, 1.54) is 12.1 Å². The van der Waals surface area contributed by atoms with E-state index in [1.54, 1.807) is 6.92 Å². The van der Waals surface area contributed by atoms with Crippen molar-refractivity contribution in [1.29, 1.82) is 0 Å². The van der Waals surface area contributed by atoms with Crippen molar-refractivity contribution in [2.45, 2.75) is 24.7 Å². The molecule has 0 aliphatic carbocycles. The summed E-state index contributed by atoms with van der Waals surface area (Å²) >= 11 is 0. The highest BCUT2D eigenvalue weighted by Crippen LogP contribution is 2.32. The van der Waals surface area contributed by atoms with E-state index in [1.807, 2.05) is 35.2 Å². The number of anilines is 1. The Bertz CT molecular complexity index is 770. The van der Waals surface area contributed by atoms with Gasteiger partial charge < -0.3 is 10.0 Å². The predicted molar refractivity (Wildman–Crippen MR) is 92.0 cm³/mol. The number of nitrogens with zero attached hydrogens (tertiary/aromatic N) is 1. The van der Waals surface area contributed by atoms with Crippen molar-refractivity contribution in [1.82, 2.24) is 5.32 Å². The Hall–Kier alpha value is -2.54. The molecule has 1 heterocycles. The molecule has 4 nitrogen and oxygen atoms in total. The minimum absolute atomic E-state index is 0.289. The smallest absolute Gasteiger partial charge is 0.416 e. The van der Waals surface area contributed by atoms with Crippen LogP contribution in [0.4, 0.5) is 18.9 Å². The molecule has 0 saturated carbocycles. The van der Waals surface area contributed by atoms with E-state index in [-0.39, 0.29) is 13.1 Å². The first-order chi connectivity index (χ1) is 12.2. The molecule has 3 rings (SSSR count). The first-order valence-corrected chi connectivity index (χ1v) is 8.19. The molecule has 1 aliphatic rings. The van der Waals surface area contributed by atoms with Gasteiger partial charge in [0.1, 0.15) is 0 Å². The van der Waals surface area contributed by atoms with E-state index in [0.29, 0.717) is 5.56 Å². The van der Waals surface area contributed by atoms with Crippen LogP contribution in [0.2, 0.25) is 0 Å². The molecule has 1 atom stereocenters. The van der Waals surface area contributed by atoms with Gasteiger partial charge in [-0.1, -0.05) is 30.3 Å². The second-order valence-electron chi connectivity index (χ2n) is 6.56. The van der Waals surface area contributed by atoms with Gasteiger partial charge in [0.25, 0.3) is 0 Å². The lowest BCUT2D eigenvalue weighted by atomic mass is 9.87. The Morgan fingerprint density at radius 3 is 2.19 bits per heavy atom. The molecular weight excluding hydrogens is 345 g/mol.